The van der Waals surface area contributed by atoms with E-state index in [9.17, 15) is 0 Å². The maximum absolute atomic E-state index is 5.84. The van der Waals surface area contributed by atoms with Crippen LogP contribution < -0.4 is 5.32 Å². The Kier molecular flexibility index (Phi) is 6.35. The van der Waals surface area contributed by atoms with Gasteiger partial charge in [0.05, 0.1) is 6.10 Å². The summed E-state index contributed by atoms with van der Waals surface area (Å²) in [6, 6.07) is 5.10. The quantitative estimate of drug-likeness (QED) is 0.804. The van der Waals surface area contributed by atoms with Crippen LogP contribution in [0.5, 0.6) is 0 Å². The Bertz CT molecular complexity index is 357. The molecule has 1 aliphatic heterocycles. The van der Waals surface area contributed by atoms with Crippen LogP contribution in [0.15, 0.2) is 12.1 Å². The minimum atomic E-state index is 0.500. The van der Waals surface area contributed by atoms with Gasteiger partial charge in [-0.15, -0.1) is 11.3 Å². The molecule has 2 atom stereocenters. The molecule has 1 N–H and O–H groups in total. The van der Waals surface area contributed by atoms with Crippen LogP contribution in [-0.4, -0.2) is 19.3 Å². The second-order valence-electron chi connectivity index (χ2n) is 5.33. The molecule has 0 bridgehead atoms. The van der Waals surface area contributed by atoms with Crippen LogP contribution in [0.2, 0.25) is 0 Å². The molecular formula is C16H27NOS. The average molecular weight is 281 g/mol. The summed E-state index contributed by atoms with van der Waals surface area (Å²) in [5.41, 5.74) is 0. The number of hydrogen-bond acceptors (Lipinski definition) is 3. The summed E-state index contributed by atoms with van der Waals surface area (Å²) in [4.78, 5) is 2.99. The van der Waals surface area contributed by atoms with E-state index >= 15 is 0 Å². The maximum atomic E-state index is 5.84. The van der Waals surface area contributed by atoms with Gasteiger partial charge < -0.3 is 10.1 Å². The van der Waals surface area contributed by atoms with Crippen molar-refractivity contribution in [3.8, 4) is 0 Å². The van der Waals surface area contributed by atoms with Gasteiger partial charge in [-0.1, -0.05) is 13.8 Å². The molecule has 19 heavy (non-hydrogen) atoms. The minimum Gasteiger partial charge on any atom is -0.378 e. The molecule has 0 aromatic carbocycles. The van der Waals surface area contributed by atoms with E-state index in [0.717, 1.165) is 19.6 Å². The van der Waals surface area contributed by atoms with Gasteiger partial charge in [-0.25, -0.2) is 0 Å². The highest BCUT2D eigenvalue weighted by molar-refractivity contribution is 7.12. The molecule has 0 amide bonds. The highest BCUT2D eigenvalue weighted by Crippen LogP contribution is 2.29. The van der Waals surface area contributed by atoms with Crippen molar-refractivity contribution in [2.75, 3.05) is 13.2 Å². The van der Waals surface area contributed by atoms with Crippen LogP contribution in [0.1, 0.15) is 61.7 Å². The van der Waals surface area contributed by atoms with Crippen molar-refractivity contribution in [3.63, 3.8) is 0 Å². The third-order valence-electron chi connectivity index (χ3n) is 3.88. The first-order valence-corrected chi connectivity index (χ1v) is 8.58. The lowest BCUT2D eigenvalue weighted by atomic mass is 10.0. The molecular weight excluding hydrogens is 254 g/mol. The molecule has 0 spiro atoms. The van der Waals surface area contributed by atoms with E-state index in [0.29, 0.717) is 12.1 Å². The van der Waals surface area contributed by atoms with Gasteiger partial charge in [0.2, 0.25) is 0 Å². The van der Waals surface area contributed by atoms with E-state index in [4.69, 9.17) is 4.74 Å². The fraction of sp³-hybridized carbons (Fsp3) is 0.750. The summed E-state index contributed by atoms with van der Waals surface area (Å²) in [5, 5.41) is 3.63. The monoisotopic (exact) mass is 281 g/mol. The molecule has 108 valence electrons. The summed E-state index contributed by atoms with van der Waals surface area (Å²) in [5.74, 6) is 0. The van der Waals surface area contributed by atoms with Gasteiger partial charge >= 0.3 is 0 Å². The second-order valence-corrected chi connectivity index (χ2v) is 6.53. The Balaban J connectivity index is 1.87. The SMILES string of the molecule is CCNC(CCC1CCCCO1)c1ccc(CC)s1. The van der Waals surface area contributed by atoms with Gasteiger partial charge in [-0.2, -0.15) is 0 Å². The summed E-state index contributed by atoms with van der Waals surface area (Å²) in [6.45, 7) is 6.43. The summed E-state index contributed by atoms with van der Waals surface area (Å²) in [7, 11) is 0. The minimum absolute atomic E-state index is 0.500. The van der Waals surface area contributed by atoms with Crippen LogP contribution in [0.25, 0.3) is 0 Å². The predicted octanol–water partition coefficient (Wildman–Crippen LogP) is 4.31. The van der Waals surface area contributed by atoms with E-state index in [2.05, 4.69) is 31.3 Å². The molecule has 0 saturated carbocycles. The van der Waals surface area contributed by atoms with E-state index in [1.54, 1.807) is 0 Å². The molecule has 1 aliphatic rings. The Morgan fingerprint density at radius 2 is 2.26 bits per heavy atom. The van der Waals surface area contributed by atoms with Crippen LogP contribution >= 0.6 is 11.3 Å². The van der Waals surface area contributed by atoms with Crippen molar-refractivity contribution < 1.29 is 4.74 Å². The Labute approximate surface area is 121 Å². The second kappa shape index (κ2) is 8.03. The van der Waals surface area contributed by atoms with Crippen LogP contribution in [0.3, 0.4) is 0 Å². The molecule has 2 unspecified atom stereocenters. The third kappa shape index (κ3) is 4.59. The molecule has 1 aromatic rings. The standard InChI is InChI=1S/C16H27NOS/c1-3-14-9-11-16(19-14)15(17-4-2)10-8-13-7-5-6-12-18-13/h9,11,13,15,17H,3-8,10,12H2,1-2H3. The molecule has 1 saturated heterocycles. The summed E-state index contributed by atoms with van der Waals surface area (Å²) < 4.78 is 5.84. The van der Waals surface area contributed by atoms with Crippen molar-refractivity contribution in [2.45, 2.75) is 64.5 Å². The molecule has 2 nitrogen and oxygen atoms in total. The molecule has 0 radical (unpaired) electrons. The van der Waals surface area contributed by atoms with Gasteiger partial charge in [0.25, 0.3) is 0 Å². The number of hydrogen-bond donors (Lipinski definition) is 1. The van der Waals surface area contributed by atoms with Crippen molar-refractivity contribution in [2.24, 2.45) is 0 Å². The lowest BCUT2D eigenvalue weighted by Crippen LogP contribution is -2.24. The first-order valence-electron chi connectivity index (χ1n) is 7.77. The molecule has 2 rings (SSSR count). The molecule has 1 fully saturated rings. The van der Waals surface area contributed by atoms with E-state index in [1.807, 2.05) is 11.3 Å². The van der Waals surface area contributed by atoms with Crippen LogP contribution in [-0.2, 0) is 11.2 Å². The number of rotatable bonds is 7. The van der Waals surface area contributed by atoms with Crippen molar-refractivity contribution in [1.82, 2.24) is 5.32 Å². The van der Waals surface area contributed by atoms with Crippen LogP contribution in [0.4, 0.5) is 0 Å². The lowest BCUT2D eigenvalue weighted by molar-refractivity contribution is 0.00862. The average Bonchev–Trinajstić information content (AvgIpc) is 2.93. The van der Waals surface area contributed by atoms with Gasteiger partial charge in [-0.3, -0.25) is 0 Å². The number of ether oxygens (including phenoxy) is 1. The highest BCUT2D eigenvalue weighted by Gasteiger charge is 2.18. The van der Waals surface area contributed by atoms with Crippen molar-refractivity contribution >= 4 is 11.3 Å². The van der Waals surface area contributed by atoms with E-state index in [1.165, 1.54) is 41.9 Å². The first-order chi connectivity index (χ1) is 9.33. The van der Waals surface area contributed by atoms with Gasteiger partial charge in [0, 0.05) is 22.4 Å². The lowest BCUT2D eigenvalue weighted by Gasteiger charge is -2.25. The highest BCUT2D eigenvalue weighted by atomic mass is 32.1. The fourth-order valence-electron chi connectivity index (χ4n) is 2.75. The smallest absolute Gasteiger partial charge is 0.0575 e. The predicted molar refractivity (Wildman–Crippen MR) is 82.9 cm³/mol. The Morgan fingerprint density at radius 3 is 2.89 bits per heavy atom. The molecule has 3 heteroatoms. The largest absolute Gasteiger partial charge is 0.378 e. The zero-order chi connectivity index (χ0) is 13.5. The first kappa shape index (κ1) is 15.0. The molecule has 1 aromatic heterocycles. The normalized spacial score (nSPS) is 21.5. The van der Waals surface area contributed by atoms with Gasteiger partial charge in [-0.05, 0) is 57.2 Å². The van der Waals surface area contributed by atoms with E-state index < -0.39 is 0 Å². The van der Waals surface area contributed by atoms with Gasteiger partial charge in [0.1, 0.15) is 0 Å². The van der Waals surface area contributed by atoms with Crippen LogP contribution in [0, 0.1) is 0 Å². The summed E-state index contributed by atoms with van der Waals surface area (Å²) in [6.07, 6.45) is 7.88. The number of thiophene rings is 1. The Hall–Kier alpha value is -0.380. The zero-order valence-corrected chi connectivity index (χ0v) is 13.1. The topological polar surface area (TPSA) is 21.3 Å². The van der Waals surface area contributed by atoms with Gasteiger partial charge in [0.15, 0.2) is 0 Å². The third-order valence-corrected chi connectivity index (χ3v) is 5.22. The van der Waals surface area contributed by atoms with Crippen molar-refractivity contribution in [1.29, 1.82) is 0 Å². The Morgan fingerprint density at radius 1 is 1.37 bits per heavy atom. The van der Waals surface area contributed by atoms with Crippen molar-refractivity contribution in [3.05, 3.63) is 21.9 Å². The van der Waals surface area contributed by atoms with E-state index in [-0.39, 0.29) is 0 Å². The summed E-state index contributed by atoms with van der Waals surface area (Å²) >= 11 is 1.96. The zero-order valence-electron chi connectivity index (χ0n) is 12.3. The number of aryl methyl sites for hydroxylation is 1. The maximum Gasteiger partial charge on any atom is 0.0575 e. The number of nitrogens with one attached hydrogen (secondary N) is 1. The molecule has 0 aliphatic carbocycles. The fourth-order valence-corrected chi connectivity index (χ4v) is 3.81. The molecule has 2 heterocycles.